The third-order valence-electron chi connectivity index (χ3n) is 3.36. The van der Waals surface area contributed by atoms with Gasteiger partial charge in [-0.25, -0.2) is 0 Å². The highest BCUT2D eigenvalue weighted by atomic mass is 16.3. The Labute approximate surface area is 130 Å². The smallest absolute Gasteiger partial charge is 0.115 e. The minimum Gasteiger partial charge on any atom is -0.508 e. The highest BCUT2D eigenvalue weighted by molar-refractivity contribution is 6.03. The predicted molar refractivity (Wildman–Crippen MR) is 89.9 cm³/mol. The Morgan fingerprint density at radius 3 is 1.27 bits per heavy atom. The van der Waals surface area contributed by atoms with Gasteiger partial charge in [-0.15, -0.1) is 0 Å². The van der Waals surface area contributed by atoms with Crippen molar-refractivity contribution < 1.29 is 10.2 Å². The second-order valence-corrected chi connectivity index (χ2v) is 4.89. The average molecular weight is 296 g/mol. The average Bonchev–Trinajstić information content (AvgIpc) is 2.54. The third kappa shape index (κ3) is 3.95. The Hall–Kier alpha value is -2.62. The van der Waals surface area contributed by atoms with Crippen LogP contribution in [0, 0.1) is 0 Å². The van der Waals surface area contributed by atoms with Crippen LogP contribution < -0.4 is 0 Å². The molecule has 0 saturated carbocycles. The summed E-state index contributed by atoms with van der Waals surface area (Å²) >= 11 is 0. The van der Waals surface area contributed by atoms with Gasteiger partial charge < -0.3 is 10.2 Å². The quantitative estimate of drug-likeness (QED) is 0.644. The van der Waals surface area contributed by atoms with E-state index < -0.39 is 0 Å². The molecule has 0 aliphatic carbocycles. The molecule has 114 valence electrons. The molecule has 2 aromatic carbocycles. The van der Waals surface area contributed by atoms with Gasteiger partial charge in [0.2, 0.25) is 0 Å². The normalized spacial score (nSPS) is 12.5. The molecule has 0 aromatic heterocycles. The van der Waals surface area contributed by atoms with Gasteiger partial charge in [0, 0.05) is 0 Å². The lowest BCUT2D eigenvalue weighted by molar-refractivity contribution is 0.474. The van der Waals surface area contributed by atoms with Crippen LogP contribution >= 0.6 is 0 Å². The SMILES string of the molecule is CC/C(=N/N=C(/CC)c1ccc(O)cc1)c1ccc(O)cc1. The van der Waals surface area contributed by atoms with Crippen LogP contribution in [0.2, 0.25) is 0 Å². The summed E-state index contributed by atoms with van der Waals surface area (Å²) in [6.07, 6.45) is 1.50. The van der Waals surface area contributed by atoms with Gasteiger partial charge >= 0.3 is 0 Å². The molecule has 0 atom stereocenters. The maximum atomic E-state index is 9.35. The fraction of sp³-hybridized carbons (Fsp3) is 0.222. The first-order valence-electron chi connectivity index (χ1n) is 7.36. The van der Waals surface area contributed by atoms with Crippen LogP contribution in [-0.4, -0.2) is 21.6 Å². The Kier molecular flexibility index (Phi) is 5.31. The molecule has 0 spiro atoms. The summed E-state index contributed by atoms with van der Waals surface area (Å²) in [7, 11) is 0. The van der Waals surface area contributed by atoms with Crippen molar-refractivity contribution in [2.45, 2.75) is 26.7 Å². The van der Waals surface area contributed by atoms with Crippen molar-refractivity contribution in [3.05, 3.63) is 59.7 Å². The monoisotopic (exact) mass is 296 g/mol. The minimum absolute atomic E-state index is 0.237. The number of phenols is 2. The Balaban J connectivity index is 2.31. The molecule has 4 nitrogen and oxygen atoms in total. The lowest BCUT2D eigenvalue weighted by Crippen LogP contribution is -2.01. The molecule has 0 aliphatic heterocycles. The molecule has 2 rings (SSSR count). The topological polar surface area (TPSA) is 65.2 Å². The van der Waals surface area contributed by atoms with Gasteiger partial charge in [0.15, 0.2) is 0 Å². The van der Waals surface area contributed by atoms with E-state index in [-0.39, 0.29) is 11.5 Å². The zero-order valence-electron chi connectivity index (χ0n) is 12.8. The number of benzene rings is 2. The molecule has 0 bridgehead atoms. The summed E-state index contributed by atoms with van der Waals surface area (Å²) < 4.78 is 0. The Morgan fingerprint density at radius 2 is 1.00 bits per heavy atom. The molecule has 0 fully saturated rings. The number of phenolic OH excluding ortho intramolecular Hbond substituents is 2. The van der Waals surface area contributed by atoms with E-state index in [1.165, 1.54) is 0 Å². The molecule has 2 aromatic rings. The maximum Gasteiger partial charge on any atom is 0.115 e. The molecule has 0 heterocycles. The summed E-state index contributed by atoms with van der Waals surface area (Å²) in [5.74, 6) is 0.474. The highest BCUT2D eigenvalue weighted by Gasteiger charge is 2.04. The summed E-state index contributed by atoms with van der Waals surface area (Å²) in [6.45, 7) is 4.04. The first kappa shape index (κ1) is 15.8. The van der Waals surface area contributed by atoms with Gasteiger partial charge in [-0.1, -0.05) is 13.8 Å². The molecular formula is C18H20N2O2. The van der Waals surface area contributed by atoms with Crippen molar-refractivity contribution >= 4 is 11.4 Å². The van der Waals surface area contributed by atoms with E-state index in [0.717, 1.165) is 35.4 Å². The minimum atomic E-state index is 0.237. The zero-order valence-corrected chi connectivity index (χ0v) is 12.8. The molecule has 0 amide bonds. The third-order valence-corrected chi connectivity index (χ3v) is 3.36. The fourth-order valence-corrected chi connectivity index (χ4v) is 2.09. The second kappa shape index (κ2) is 7.41. The van der Waals surface area contributed by atoms with Crippen molar-refractivity contribution in [2.24, 2.45) is 10.2 Å². The predicted octanol–water partition coefficient (Wildman–Crippen LogP) is 4.11. The molecule has 4 heteroatoms. The number of hydrogen-bond acceptors (Lipinski definition) is 4. The van der Waals surface area contributed by atoms with E-state index in [0.29, 0.717) is 0 Å². The lowest BCUT2D eigenvalue weighted by atomic mass is 10.1. The maximum absolute atomic E-state index is 9.35. The van der Waals surface area contributed by atoms with Crippen LogP contribution in [0.5, 0.6) is 11.5 Å². The van der Waals surface area contributed by atoms with E-state index in [1.807, 2.05) is 38.1 Å². The summed E-state index contributed by atoms with van der Waals surface area (Å²) in [5.41, 5.74) is 3.63. The van der Waals surface area contributed by atoms with Crippen molar-refractivity contribution in [3.8, 4) is 11.5 Å². The number of nitrogens with zero attached hydrogens (tertiary/aromatic N) is 2. The van der Waals surface area contributed by atoms with Crippen LogP contribution in [-0.2, 0) is 0 Å². The number of rotatable bonds is 5. The van der Waals surface area contributed by atoms with Gasteiger partial charge in [-0.2, -0.15) is 10.2 Å². The van der Waals surface area contributed by atoms with Gasteiger partial charge in [-0.3, -0.25) is 0 Å². The van der Waals surface area contributed by atoms with Crippen molar-refractivity contribution in [1.82, 2.24) is 0 Å². The van der Waals surface area contributed by atoms with Gasteiger partial charge in [0.25, 0.3) is 0 Å². The molecule has 0 radical (unpaired) electrons. The molecule has 0 saturated heterocycles. The van der Waals surface area contributed by atoms with Crippen LogP contribution in [0.3, 0.4) is 0 Å². The Morgan fingerprint density at radius 1 is 0.682 bits per heavy atom. The second-order valence-electron chi connectivity index (χ2n) is 4.89. The standard InChI is InChI=1S/C18H20N2O2/c1-3-17(13-5-9-15(21)10-6-13)19-20-18(4-2)14-7-11-16(22)12-8-14/h5-12,21-22H,3-4H2,1-2H3/b19-17-,20-18-. The van der Waals surface area contributed by atoms with E-state index in [4.69, 9.17) is 0 Å². The molecule has 0 unspecified atom stereocenters. The summed E-state index contributed by atoms with van der Waals surface area (Å²) in [5, 5.41) is 27.4. The summed E-state index contributed by atoms with van der Waals surface area (Å²) in [6, 6.07) is 13.9. The van der Waals surface area contributed by atoms with Gasteiger partial charge in [-0.05, 0) is 72.5 Å². The van der Waals surface area contributed by atoms with Crippen LogP contribution in [0.4, 0.5) is 0 Å². The van der Waals surface area contributed by atoms with Gasteiger partial charge in [0.05, 0.1) is 11.4 Å². The number of hydrogen-bond donors (Lipinski definition) is 2. The van der Waals surface area contributed by atoms with E-state index >= 15 is 0 Å². The first-order chi connectivity index (χ1) is 10.6. The van der Waals surface area contributed by atoms with Crippen molar-refractivity contribution in [3.63, 3.8) is 0 Å². The molecule has 22 heavy (non-hydrogen) atoms. The van der Waals surface area contributed by atoms with E-state index in [9.17, 15) is 10.2 Å². The molecule has 2 N–H and O–H groups in total. The molecule has 0 aliphatic rings. The first-order valence-corrected chi connectivity index (χ1v) is 7.36. The van der Waals surface area contributed by atoms with E-state index in [2.05, 4.69) is 10.2 Å². The lowest BCUT2D eigenvalue weighted by Gasteiger charge is -2.05. The van der Waals surface area contributed by atoms with Gasteiger partial charge in [0.1, 0.15) is 11.5 Å². The van der Waals surface area contributed by atoms with Crippen molar-refractivity contribution in [2.75, 3.05) is 0 Å². The van der Waals surface area contributed by atoms with Crippen LogP contribution in [0.25, 0.3) is 0 Å². The fourth-order valence-electron chi connectivity index (χ4n) is 2.09. The van der Waals surface area contributed by atoms with Crippen LogP contribution in [0.15, 0.2) is 58.7 Å². The van der Waals surface area contributed by atoms with Crippen LogP contribution in [0.1, 0.15) is 37.8 Å². The van der Waals surface area contributed by atoms with E-state index in [1.54, 1.807) is 24.3 Å². The highest BCUT2D eigenvalue weighted by Crippen LogP contribution is 2.14. The van der Waals surface area contributed by atoms with Crippen molar-refractivity contribution in [1.29, 1.82) is 0 Å². The zero-order chi connectivity index (χ0) is 15.9. The largest absolute Gasteiger partial charge is 0.508 e. The number of aromatic hydroxyl groups is 2. The molecular weight excluding hydrogens is 276 g/mol. The Bertz CT molecular complexity index is 610. The summed E-state index contributed by atoms with van der Waals surface area (Å²) in [4.78, 5) is 0.